The molecule has 1 amide bonds. The number of halogens is 5. The van der Waals surface area contributed by atoms with E-state index in [9.17, 15) is 18.0 Å². The Morgan fingerprint density at radius 3 is 2.30 bits per heavy atom. The Labute approximate surface area is 221 Å². The molecule has 1 aliphatic rings. The number of alkyl halides is 3. The first-order valence-corrected chi connectivity index (χ1v) is 12.2. The van der Waals surface area contributed by atoms with Crippen LogP contribution in [0.1, 0.15) is 40.1 Å². The number of hydrogen-bond acceptors (Lipinski definition) is 3. The molecule has 5 nitrogen and oxygen atoms in total. The van der Waals surface area contributed by atoms with Gasteiger partial charge < -0.3 is 10.2 Å². The zero-order valence-electron chi connectivity index (χ0n) is 19.3. The molecule has 0 radical (unpaired) electrons. The van der Waals surface area contributed by atoms with E-state index < -0.39 is 24.2 Å². The second-order valence-corrected chi connectivity index (χ2v) is 9.55. The van der Waals surface area contributed by atoms with Gasteiger partial charge >= 0.3 is 6.18 Å². The van der Waals surface area contributed by atoms with Crippen LogP contribution in [0, 0.1) is 0 Å². The van der Waals surface area contributed by atoms with Crippen LogP contribution in [0.3, 0.4) is 0 Å². The van der Waals surface area contributed by atoms with Crippen molar-refractivity contribution < 1.29 is 18.0 Å². The summed E-state index contributed by atoms with van der Waals surface area (Å²) in [6.07, 6.45) is -4.91. The van der Waals surface area contributed by atoms with Crippen molar-refractivity contribution in [3.63, 3.8) is 0 Å². The molecule has 10 heteroatoms. The third-order valence-electron chi connectivity index (χ3n) is 6.25. The summed E-state index contributed by atoms with van der Waals surface area (Å²) in [6, 6.07) is 21.8. The summed E-state index contributed by atoms with van der Waals surface area (Å²) in [5, 5.41) is 7.80. The van der Waals surface area contributed by atoms with Crippen LogP contribution in [0.2, 0.25) is 10.0 Å². The first kappa shape index (κ1) is 25.2. The molecule has 190 valence electrons. The quantitative estimate of drug-likeness (QED) is 0.280. The summed E-state index contributed by atoms with van der Waals surface area (Å²) >= 11 is 12.1. The molecule has 0 spiro atoms. The molecule has 0 bridgehead atoms. The lowest BCUT2D eigenvalue weighted by Gasteiger charge is -2.33. The van der Waals surface area contributed by atoms with Crippen molar-refractivity contribution in [1.82, 2.24) is 9.78 Å². The van der Waals surface area contributed by atoms with Gasteiger partial charge in [-0.1, -0.05) is 77.8 Å². The van der Waals surface area contributed by atoms with Gasteiger partial charge in [-0.3, -0.25) is 4.79 Å². The van der Waals surface area contributed by atoms with Crippen molar-refractivity contribution in [2.24, 2.45) is 0 Å². The molecule has 37 heavy (non-hydrogen) atoms. The van der Waals surface area contributed by atoms with E-state index in [0.29, 0.717) is 16.3 Å². The highest BCUT2D eigenvalue weighted by Gasteiger charge is 2.47. The van der Waals surface area contributed by atoms with E-state index in [1.165, 1.54) is 11.0 Å². The number of nitrogens with zero attached hydrogens (tertiary/aromatic N) is 3. The molecule has 1 N–H and O–H groups in total. The van der Waals surface area contributed by atoms with Crippen molar-refractivity contribution in [2.75, 3.05) is 10.2 Å². The standard InChI is InChI=1S/C27H21Cl2F3N4O/c28-20-12-11-18(13-21(20)29)22-14-24(27(30,31)32)36-25(33-22)15-23(34-36)26(37)35(19-9-5-2-6-10-19)16-17-7-3-1-4-8-17/h1-13,15,22,24,33H,14,16H2. The number of carbonyl (C=O) groups excluding carboxylic acids is 1. The summed E-state index contributed by atoms with van der Waals surface area (Å²) in [5.74, 6) is -0.411. The zero-order chi connectivity index (χ0) is 26.2. The zero-order valence-corrected chi connectivity index (χ0v) is 20.8. The van der Waals surface area contributed by atoms with E-state index in [-0.39, 0.29) is 29.5 Å². The number of anilines is 2. The minimum atomic E-state index is -4.58. The maximum Gasteiger partial charge on any atom is 0.410 e. The summed E-state index contributed by atoms with van der Waals surface area (Å²) in [6.45, 7) is 0.230. The van der Waals surface area contributed by atoms with Gasteiger partial charge in [-0.05, 0) is 35.4 Å². The van der Waals surface area contributed by atoms with E-state index in [1.807, 2.05) is 36.4 Å². The van der Waals surface area contributed by atoms with E-state index in [4.69, 9.17) is 23.2 Å². The molecule has 5 rings (SSSR count). The Morgan fingerprint density at radius 1 is 0.973 bits per heavy atom. The third kappa shape index (κ3) is 5.31. The minimum absolute atomic E-state index is 0.0914. The Morgan fingerprint density at radius 2 is 1.65 bits per heavy atom. The lowest BCUT2D eigenvalue weighted by molar-refractivity contribution is -0.173. The second-order valence-electron chi connectivity index (χ2n) is 8.74. The van der Waals surface area contributed by atoms with E-state index in [0.717, 1.165) is 10.2 Å². The maximum absolute atomic E-state index is 14.1. The molecule has 4 aromatic rings. The molecule has 2 heterocycles. The summed E-state index contributed by atoms with van der Waals surface area (Å²) in [7, 11) is 0. The summed E-state index contributed by atoms with van der Waals surface area (Å²) in [5.41, 5.74) is 1.94. The normalized spacial score (nSPS) is 17.1. The minimum Gasteiger partial charge on any atom is -0.363 e. The number of hydrogen-bond donors (Lipinski definition) is 1. The second kappa shape index (κ2) is 10.1. The molecular weight excluding hydrogens is 524 g/mol. The van der Waals surface area contributed by atoms with Crippen LogP contribution in [0.5, 0.6) is 0 Å². The lowest BCUT2D eigenvalue weighted by Crippen LogP contribution is -2.36. The fourth-order valence-corrected chi connectivity index (χ4v) is 4.72. The van der Waals surface area contributed by atoms with E-state index >= 15 is 0 Å². The molecule has 0 fully saturated rings. The van der Waals surface area contributed by atoms with Crippen LogP contribution in [0.15, 0.2) is 84.9 Å². The molecule has 1 aliphatic heterocycles. The molecule has 3 aromatic carbocycles. The Balaban J connectivity index is 1.51. The average Bonchev–Trinajstić information content (AvgIpc) is 3.33. The molecule has 0 saturated heterocycles. The predicted molar refractivity (Wildman–Crippen MR) is 138 cm³/mol. The van der Waals surface area contributed by atoms with Gasteiger partial charge in [-0.25, -0.2) is 4.68 Å². The summed E-state index contributed by atoms with van der Waals surface area (Å²) in [4.78, 5) is 15.2. The fraction of sp³-hybridized carbons (Fsp3) is 0.185. The van der Waals surface area contributed by atoms with Gasteiger partial charge in [0.15, 0.2) is 11.7 Å². The van der Waals surface area contributed by atoms with Crippen molar-refractivity contribution in [3.8, 4) is 0 Å². The van der Waals surface area contributed by atoms with E-state index in [1.54, 1.807) is 42.5 Å². The number of para-hydroxylation sites is 1. The average molecular weight is 545 g/mol. The fourth-order valence-electron chi connectivity index (χ4n) is 4.42. The van der Waals surface area contributed by atoms with Crippen LogP contribution in [0.25, 0.3) is 0 Å². The molecule has 0 aliphatic carbocycles. The first-order chi connectivity index (χ1) is 17.7. The van der Waals surface area contributed by atoms with Crippen molar-refractivity contribution in [1.29, 1.82) is 0 Å². The van der Waals surface area contributed by atoms with Crippen molar-refractivity contribution in [2.45, 2.75) is 31.2 Å². The number of fused-ring (bicyclic) bond motifs is 1. The molecule has 0 saturated carbocycles. The van der Waals surface area contributed by atoms with Crippen molar-refractivity contribution >= 4 is 40.6 Å². The number of amides is 1. The predicted octanol–water partition coefficient (Wildman–Crippen LogP) is 7.70. The van der Waals surface area contributed by atoms with Crippen molar-refractivity contribution in [3.05, 3.63) is 112 Å². The number of carbonyl (C=O) groups is 1. The smallest absolute Gasteiger partial charge is 0.363 e. The van der Waals surface area contributed by atoms with Gasteiger partial charge in [0.1, 0.15) is 5.82 Å². The SMILES string of the molecule is O=C(c1cc2n(n1)C(C(F)(F)F)CC(c1ccc(Cl)c(Cl)c1)N2)N(Cc1ccccc1)c1ccccc1. The van der Waals surface area contributed by atoms with Gasteiger partial charge in [-0.15, -0.1) is 0 Å². The topological polar surface area (TPSA) is 50.2 Å². The molecular formula is C27H21Cl2F3N4O. The number of rotatable bonds is 5. The molecule has 2 unspecified atom stereocenters. The highest BCUT2D eigenvalue weighted by atomic mass is 35.5. The maximum atomic E-state index is 14.1. The van der Waals surface area contributed by atoms with Gasteiger partial charge in [0.05, 0.1) is 22.6 Å². The van der Waals surface area contributed by atoms with Crippen LogP contribution < -0.4 is 10.2 Å². The highest BCUT2D eigenvalue weighted by Crippen LogP contribution is 2.44. The van der Waals surface area contributed by atoms with Gasteiger partial charge in [0, 0.05) is 18.2 Å². The Hall–Kier alpha value is -3.49. The van der Waals surface area contributed by atoms with Crippen LogP contribution in [-0.4, -0.2) is 21.9 Å². The van der Waals surface area contributed by atoms with Gasteiger partial charge in [0.25, 0.3) is 5.91 Å². The molecule has 1 aromatic heterocycles. The van der Waals surface area contributed by atoms with E-state index in [2.05, 4.69) is 10.4 Å². The monoisotopic (exact) mass is 544 g/mol. The van der Waals surface area contributed by atoms with Gasteiger partial charge in [-0.2, -0.15) is 18.3 Å². The van der Waals surface area contributed by atoms with Gasteiger partial charge in [0.2, 0.25) is 0 Å². The number of aromatic nitrogens is 2. The largest absolute Gasteiger partial charge is 0.410 e. The lowest BCUT2D eigenvalue weighted by atomic mass is 9.97. The summed E-state index contributed by atoms with van der Waals surface area (Å²) < 4.78 is 43.3. The third-order valence-corrected chi connectivity index (χ3v) is 6.99. The number of nitrogens with one attached hydrogen (secondary N) is 1. The highest BCUT2D eigenvalue weighted by molar-refractivity contribution is 6.42. The Bertz CT molecular complexity index is 1410. The van der Waals surface area contributed by atoms with Crippen LogP contribution in [0.4, 0.5) is 24.7 Å². The van der Waals surface area contributed by atoms with Crippen LogP contribution in [-0.2, 0) is 6.54 Å². The molecule has 2 atom stereocenters. The first-order valence-electron chi connectivity index (χ1n) is 11.5. The van der Waals surface area contributed by atoms with Crippen LogP contribution >= 0.6 is 23.2 Å². The number of benzene rings is 3. The Kier molecular flexibility index (Phi) is 6.88.